The first-order chi connectivity index (χ1) is 15.9. The van der Waals surface area contributed by atoms with Crippen molar-refractivity contribution in [3.63, 3.8) is 0 Å². The molecule has 0 bridgehead atoms. The van der Waals surface area contributed by atoms with Crippen LogP contribution in [0.3, 0.4) is 0 Å². The molecule has 0 saturated carbocycles. The van der Waals surface area contributed by atoms with E-state index in [0.29, 0.717) is 42.5 Å². The van der Waals surface area contributed by atoms with Crippen molar-refractivity contribution in [1.82, 2.24) is 34.3 Å². The number of aryl methyl sites for hydroxylation is 1. The Kier molecular flexibility index (Phi) is 5.49. The summed E-state index contributed by atoms with van der Waals surface area (Å²) in [7, 11) is 0. The van der Waals surface area contributed by atoms with Crippen molar-refractivity contribution in [2.24, 2.45) is 0 Å². The van der Waals surface area contributed by atoms with E-state index < -0.39 is 0 Å². The molecule has 0 radical (unpaired) electrons. The van der Waals surface area contributed by atoms with E-state index in [9.17, 15) is 4.79 Å². The highest BCUT2D eigenvalue weighted by Crippen LogP contribution is 2.26. The molecular formula is C23H25ClN8O. The first-order valence-corrected chi connectivity index (χ1v) is 11.4. The molecule has 1 amide bonds. The second kappa shape index (κ2) is 8.47. The molecule has 0 spiro atoms. The first-order valence-electron chi connectivity index (χ1n) is 11.0. The van der Waals surface area contributed by atoms with E-state index in [0.717, 1.165) is 22.9 Å². The average molecular weight is 465 g/mol. The molecule has 1 aromatic carbocycles. The Balaban J connectivity index is 1.38. The van der Waals surface area contributed by atoms with Gasteiger partial charge in [0, 0.05) is 43.0 Å². The van der Waals surface area contributed by atoms with Crippen molar-refractivity contribution in [3.05, 3.63) is 64.8 Å². The standard InChI is InChI=1S/C23H25ClN8O/c1-15(2)21-19(13-26-31(21)18-6-4-5-17(24)12-18)22(33)30-9-7-29(8-10-30)20-11-16(3)28-23-25-14-27-32(20)23/h4-6,11-15H,7-10H2,1-3H3. The lowest BCUT2D eigenvalue weighted by Gasteiger charge is -2.36. The Morgan fingerprint density at radius 1 is 1.09 bits per heavy atom. The number of nitrogens with zero attached hydrogens (tertiary/aromatic N) is 8. The molecule has 10 heteroatoms. The monoisotopic (exact) mass is 464 g/mol. The number of rotatable bonds is 4. The molecule has 0 N–H and O–H groups in total. The predicted octanol–water partition coefficient (Wildman–Crippen LogP) is 3.36. The van der Waals surface area contributed by atoms with Crippen molar-refractivity contribution in [2.45, 2.75) is 26.7 Å². The number of piperazine rings is 1. The smallest absolute Gasteiger partial charge is 0.257 e. The van der Waals surface area contributed by atoms with Gasteiger partial charge in [0.1, 0.15) is 12.1 Å². The number of benzene rings is 1. The van der Waals surface area contributed by atoms with Gasteiger partial charge in [-0.3, -0.25) is 4.79 Å². The van der Waals surface area contributed by atoms with Crippen molar-refractivity contribution < 1.29 is 4.79 Å². The summed E-state index contributed by atoms with van der Waals surface area (Å²) in [6.45, 7) is 8.70. The van der Waals surface area contributed by atoms with Crippen LogP contribution < -0.4 is 4.90 Å². The van der Waals surface area contributed by atoms with Crippen LogP contribution in [0.5, 0.6) is 0 Å². The van der Waals surface area contributed by atoms with Gasteiger partial charge >= 0.3 is 0 Å². The van der Waals surface area contributed by atoms with Crippen molar-refractivity contribution >= 4 is 29.1 Å². The summed E-state index contributed by atoms with van der Waals surface area (Å²) in [5, 5.41) is 9.48. The van der Waals surface area contributed by atoms with Crippen LogP contribution in [-0.2, 0) is 0 Å². The predicted molar refractivity (Wildman–Crippen MR) is 126 cm³/mol. The number of carbonyl (C=O) groups is 1. The first kappa shape index (κ1) is 21.4. The van der Waals surface area contributed by atoms with E-state index >= 15 is 0 Å². The number of amides is 1. The van der Waals surface area contributed by atoms with Crippen LogP contribution >= 0.6 is 11.6 Å². The van der Waals surface area contributed by atoms with Crippen LogP contribution in [0.25, 0.3) is 11.5 Å². The molecule has 0 aliphatic carbocycles. The summed E-state index contributed by atoms with van der Waals surface area (Å²) in [6.07, 6.45) is 3.19. The van der Waals surface area contributed by atoms with Crippen LogP contribution in [0.1, 0.15) is 41.5 Å². The molecule has 170 valence electrons. The normalized spacial score (nSPS) is 14.5. The molecular weight excluding hydrogens is 440 g/mol. The summed E-state index contributed by atoms with van der Waals surface area (Å²) in [4.78, 5) is 26.2. The number of fused-ring (bicyclic) bond motifs is 1. The average Bonchev–Trinajstić information content (AvgIpc) is 3.45. The van der Waals surface area contributed by atoms with Gasteiger partial charge in [0.2, 0.25) is 0 Å². The minimum atomic E-state index is 0.00318. The van der Waals surface area contributed by atoms with Crippen molar-refractivity contribution in [2.75, 3.05) is 31.1 Å². The van der Waals surface area contributed by atoms with Gasteiger partial charge in [-0.05, 0) is 31.0 Å². The molecule has 3 aromatic heterocycles. The fourth-order valence-electron chi connectivity index (χ4n) is 4.34. The third-order valence-corrected chi connectivity index (χ3v) is 6.12. The van der Waals surface area contributed by atoms with E-state index in [-0.39, 0.29) is 11.8 Å². The van der Waals surface area contributed by atoms with E-state index in [1.165, 1.54) is 6.33 Å². The van der Waals surface area contributed by atoms with Gasteiger partial charge in [-0.25, -0.2) is 9.67 Å². The maximum absolute atomic E-state index is 13.5. The van der Waals surface area contributed by atoms with E-state index in [1.807, 2.05) is 46.8 Å². The van der Waals surface area contributed by atoms with E-state index in [1.54, 1.807) is 10.7 Å². The Labute approximate surface area is 196 Å². The quantitative estimate of drug-likeness (QED) is 0.460. The topological polar surface area (TPSA) is 84.5 Å². The Bertz CT molecular complexity index is 1320. The largest absolute Gasteiger partial charge is 0.353 e. The number of carbonyl (C=O) groups excluding carboxylic acids is 1. The van der Waals surface area contributed by atoms with Crippen LogP contribution in [0, 0.1) is 6.92 Å². The van der Waals surface area contributed by atoms with Gasteiger partial charge in [-0.2, -0.15) is 19.7 Å². The summed E-state index contributed by atoms with van der Waals surface area (Å²) >= 11 is 6.19. The van der Waals surface area contributed by atoms with Gasteiger partial charge < -0.3 is 9.80 Å². The molecule has 1 saturated heterocycles. The molecule has 0 atom stereocenters. The Hall–Kier alpha value is -3.46. The Morgan fingerprint density at radius 2 is 1.88 bits per heavy atom. The molecule has 9 nitrogen and oxygen atoms in total. The molecule has 33 heavy (non-hydrogen) atoms. The highest BCUT2D eigenvalue weighted by molar-refractivity contribution is 6.30. The van der Waals surface area contributed by atoms with Crippen molar-refractivity contribution in [1.29, 1.82) is 0 Å². The lowest BCUT2D eigenvalue weighted by atomic mass is 10.0. The number of aromatic nitrogens is 6. The van der Waals surface area contributed by atoms with Gasteiger partial charge in [-0.1, -0.05) is 31.5 Å². The van der Waals surface area contributed by atoms with Crippen molar-refractivity contribution in [3.8, 4) is 5.69 Å². The van der Waals surface area contributed by atoms with Crippen LogP contribution in [0.4, 0.5) is 5.82 Å². The summed E-state index contributed by atoms with van der Waals surface area (Å²) < 4.78 is 3.57. The molecule has 1 aliphatic rings. The number of anilines is 1. The third-order valence-electron chi connectivity index (χ3n) is 5.89. The van der Waals surface area contributed by atoms with Crippen LogP contribution in [-0.4, -0.2) is 66.3 Å². The minimum absolute atomic E-state index is 0.00318. The Morgan fingerprint density at radius 3 is 2.61 bits per heavy atom. The van der Waals surface area contributed by atoms with E-state index in [2.05, 4.69) is 38.9 Å². The summed E-state index contributed by atoms with van der Waals surface area (Å²) in [5.41, 5.74) is 3.26. The zero-order chi connectivity index (χ0) is 23.1. The minimum Gasteiger partial charge on any atom is -0.353 e. The molecule has 5 rings (SSSR count). The lowest BCUT2D eigenvalue weighted by molar-refractivity contribution is 0.0745. The van der Waals surface area contributed by atoms with Gasteiger partial charge in [-0.15, -0.1) is 0 Å². The highest BCUT2D eigenvalue weighted by atomic mass is 35.5. The van der Waals surface area contributed by atoms with Gasteiger partial charge in [0.05, 0.1) is 23.1 Å². The molecule has 0 unspecified atom stereocenters. The summed E-state index contributed by atoms with van der Waals surface area (Å²) in [6, 6.07) is 9.52. The molecule has 4 heterocycles. The third kappa shape index (κ3) is 3.93. The zero-order valence-corrected chi connectivity index (χ0v) is 19.6. The second-order valence-corrected chi connectivity index (χ2v) is 8.93. The molecule has 1 aliphatic heterocycles. The fourth-order valence-corrected chi connectivity index (χ4v) is 4.52. The maximum atomic E-state index is 13.5. The van der Waals surface area contributed by atoms with E-state index in [4.69, 9.17) is 11.6 Å². The number of halogens is 1. The fraction of sp³-hybridized carbons (Fsp3) is 0.348. The highest BCUT2D eigenvalue weighted by Gasteiger charge is 2.28. The van der Waals surface area contributed by atoms with Crippen LogP contribution in [0.15, 0.2) is 42.9 Å². The molecule has 4 aromatic rings. The lowest BCUT2D eigenvalue weighted by Crippen LogP contribution is -2.49. The van der Waals surface area contributed by atoms with Gasteiger partial charge in [0.25, 0.3) is 11.7 Å². The SMILES string of the molecule is Cc1cc(N2CCN(C(=O)c3cnn(-c4cccc(Cl)c4)c3C(C)C)CC2)n2ncnc2n1. The summed E-state index contributed by atoms with van der Waals surface area (Å²) in [5.74, 6) is 1.65. The second-order valence-electron chi connectivity index (χ2n) is 8.50. The van der Waals surface area contributed by atoms with Crippen LogP contribution in [0.2, 0.25) is 5.02 Å². The number of hydrogen-bond acceptors (Lipinski definition) is 6. The maximum Gasteiger partial charge on any atom is 0.257 e. The van der Waals surface area contributed by atoms with Gasteiger partial charge in [0.15, 0.2) is 0 Å². The number of hydrogen-bond donors (Lipinski definition) is 0. The zero-order valence-electron chi connectivity index (χ0n) is 18.8. The molecule has 1 fully saturated rings.